The number of furan rings is 1. The number of hydrogen-bond donors (Lipinski definition) is 2. The normalized spacial score (nSPS) is 11.8. The van der Waals surface area contributed by atoms with Crippen molar-refractivity contribution in [2.24, 2.45) is 4.99 Å². The van der Waals surface area contributed by atoms with Gasteiger partial charge < -0.3 is 19.5 Å². The molecule has 0 aliphatic carbocycles. The molecule has 0 aliphatic rings. The summed E-state index contributed by atoms with van der Waals surface area (Å²) in [5.74, 6) is 1.76. The maximum Gasteiger partial charge on any atom is 0.191 e. The Labute approximate surface area is 135 Å². The molecule has 0 saturated carbocycles. The topological polar surface area (TPSA) is 66.9 Å². The highest BCUT2D eigenvalue weighted by Crippen LogP contribution is 2.04. The number of rotatable bonds is 6. The molecule has 3 heterocycles. The number of nitrogens with one attached hydrogen (secondary N) is 2. The van der Waals surface area contributed by atoms with E-state index in [9.17, 15) is 0 Å². The highest BCUT2D eigenvalue weighted by atomic mass is 16.3. The highest BCUT2D eigenvalue weighted by molar-refractivity contribution is 5.79. The van der Waals surface area contributed by atoms with Crippen LogP contribution in [-0.4, -0.2) is 35.5 Å². The van der Waals surface area contributed by atoms with Crippen LogP contribution in [0.2, 0.25) is 0 Å². The van der Waals surface area contributed by atoms with Gasteiger partial charge in [-0.1, -0.05) is 6.07 Å². The summed E-state index contributed by atoms with van der Waals surface area (Å²) in [5.41, 5.74) is 2.04. The van der Waals surface area contributed by atoms with E-state index in [1.54, 1.807) is 13.3 Å². The number of nitrogens with zero attached hydrogens (tertiary/aromatic N) is 3. The fraction of sp³-hybridized carbons (Fsp3) is 0.294. The van der Waals surface area contributed by atoms with Gasteiger partial charge in [0.25, 0.3) is 0 Å². The van der Waals surface area contributed by atoms with E-state index >= 15 is 0 Å². The van der Waals surface area contributed by atoms with Crippen molar-refractivity contribution in [1.82, 2.24) is 20.0 Å². The predicted octanol–water partition coefficient (Wildman–Crippen LogP) is 1.88. The summed E-state index contributed by atoms with van der Waals surface area (Å²) in [6.45, 7) is 1.56. The Hall–Kier alpha value is -2.76. The molecule has 3 aromatic rings. The molecule has 0 atom stereocenters. The molecule has 0 radical (unpaired) electrons. The maximum atomic E-state index is 5.31. The molecule has 2 N–H and O–H groups in total. The van der Waals surface area contributed by atoms with E-state index < -0.39 is 0 Å². The van der Waals surface area contributed by atoms with Crippen LogP contribution in [0.25, 0.3) is 5.65 Å². The monoisotopic (exact) mass is 311 g/mol. The first-order valence-corrected chi connectivity index (χ1v) is 7.74. The van der Waals surface area contributed by atoms with Crippen molar-refractivity contribution in [3.63, 3.8) is 0 Å². The Morgan fingerprint density at radius 1 is 1.17 bits per heavy atom. The van der Waals surface area contributed by atoms with Gasteiger partial charge in [-0.2, -0.15) is 0 Å². The third-order valence-corrected chi connectivity index (χ3v) is 3.56. The lowest BCUT2D eigenvalue weighted by Gasteiger charge is -2.10. The van der Waals surface area contributed by atoms with Gasteiger partial charge in [0, 0.05) is 45.4 Å². The van der Waals surface area contributed by atoms with Crippen molar-refractivity contribution in [2.45, 2.75) is 12.8 Å². The molecule has 0 saturated heterocycles. The van der Waals surface area contributed by atoms with Crippen LogP contribution in [-0.2, 0) is 12.8 Å². The molecule has 0 unspecified atom stereocenters. The van der Waals surface area contributed by atoms with Crippen molar-refractivity contribution in [3.05, 3.63) is 60.4 Å². The summed E-state index contributed by atoms with van der Waals surface area (Å²) in [5, 5.41) is 6.58. The van der Waals surface area contributed by atoms with Crippen molar-refractivity contribution >= 4 is 11.6 Å². The van der Waals surface area contributed by atoms with Crippen LogP contribution in [0, 0.1) is 0 Å². The second kappa shape index (κ2) is 7.49. The number of aromatic nitrogens is 2. The average molecular weight is 311 g/mol. The summed E-state index contributed by atoms with van der Waals surface area (Å²) >= 11 is 0. The molecule has 0 fully saturated rings. The molecule has 120 valence electrons. The summed E-state index contributed by atoms with van der Waals surface area (Å²) < 4.78 is 7.34. The van der Waals surface area contributed by atoms with Gasteiger partial charge in [0.05, 0.1) is 12.0 Å². The molecular weight excluding hydrogens is 290 g/mol. The molecule has 3 aromatic heterocycles. The summed E-state index contributed by atoms with van der Waals surface area (Å²) in [6, 6.07) is 9.88. The number of guanidine groups is 1. The van der Waals surface area contributed by atoms with Crippen molar-refractivity contribution in [3.8, 4) is 0 Å². The number of imidazole rings is 1. The molecule has 6 heteroatoms. The smallest absolute Gasteiger partial charge is 0.191 e. The molecule has 0 bridgehead atoms. The highest BCUT2D eigenvalue weighted by Gasteiger charge is 2.02. The van der Waals surface area contributed by atoms with Crippen LogP contribution in [0.3, 0.4) is 0 Å². The van der Waals surface area contributed by atoms with Crippen LogP contribution < -0.4 is 10.6 Å². The zero-order chi connectivity index (χ0) is 15.9. The SMILES string of the molecule is CN=C(NCCc1cn2ccccc2n1)NCCc1ccco1. The lowest BCUT2D eigenvalue weighted by Crippen LogP contribution is -2.39. The van der Waals surface area contributed by atoms with Crippen molar-refractivity contribution in [2.75, 3.05) is 20.1 Å². The van der Waals surface area contributed by atoms with E-state index in [2.05, 4.69) is 26.8 Å². The summed E-state index contributed by atoms with van der Waals surface area (Å²) in [7, 11) is 1.77. The van der Waals surface area contributed by atoms with E-state index in [0.717, 1.165) is 49.0 Å². The Kier molecular flexibility index (Phi) is 4.93. The first-order chi connectivity index (χ1) is 11.3. The minimum atomic E-state index is 0.779. The Morgan fingerprint density at radius 3 is 2.78 bits per heavy atom. The first-order valence-electron chi connectivity index (χ1n) is 7.74. The van der Waals surface area contributed by atoms with E-state index in [1.807, 2.05) is 40.9 Å². The zero-order valence-corrected chi connectivity index (χ0v) is 13.2. The lowest BCUT2D eigenvalue weighted by molar-refractivity contribution is 0.507. The lowest BCUT2D eigenvalue weighted by atomic mass is 10.3. The minimum absolute atomic E-state index is 0.779. The molecule has 0 aliphatic heterocycles. The van der Waals surface area contributed by atoms with Gasteiger partial charge in [0.15, 0.2) is 5.96 Å². The number of pyridine rings is 1. The van der Waals surface area contributed by atoms with Gasteiger partial charge in [-0.05, 0) is 24.3 Å². The standard InChI is InChI=1S/C17H21N5O/c1-18-17(20-10-8-15-5-4-12-23-15)19-9-7-14-13-22-11-3-2-6-16(22)21-14/h2-6,11-13H,7-10H2,1H3,(H2,18,19,20). The fourth-order valence-corrected chi connectivity index (χ4v) is 2.40. The largest absolute Gasteiger partial charge is 0.469 e. The van der Waals surface area contributed by atoms with Gasteiger partial charge >= 0.3 is 0 Å². The molecule has 23 heavy (non-hydrogen) atoms. The maximum absolute atomic E-state index is 5.31. The van der Waals surface area contributed by atoms with E-state index in [1.165, 1.54) is 0 Å². The third-order valence-electron chi connectivity index (χ3n) is 3.56. The quantitative estimate of drug-likeness (QED) is 0.539. The number of fused-ring (bicyclic) bond motifs is 1. The van der Waals surface area contributed by atoms with Gasteiger partial charge in [0.1, 0.15) is 11.4 Å². The average Bonchev–Trinajstić information content (AvgIpc) is 3.22. The van der Waals surface area contributed by atoms with Gasteiger partial charge in [0.2, 0.25) is 0 Å². The molecule has 0 aromatic carbocycles. The van der Waals surface area contributed by atoms with E-state index in [-0.39, 0.29) is 0 Å². The number of hydrogen-bond acceptors (Lipinski definition) is 3. The van der Waals surface area contributed by atoms with Gasteiger partial charge in [-0.15, -0.1) is 0 Å². The molecule has 6 nitrogen and oxygen atoms in total. The predicted molar refractivity (Wildman–Crippen MR) is 90.7 cm³/mol. The van der Waals surface area contributed by atoms with Gasteiger partial charge in [-0.3, -0.25) is 4.99 Å². The van der Waals surface area contributed by atoms with Crippen molar-refractivity contribution in [1.29, 1.82) is 0 Å². The van der Waals surface area contributed by atoms with Crippen LogP contribution in [0.5, 0.6) is 0 Å². The summed E-state index contributed by atoms with van der Waals surface area (Å²) in [6.07, 6.45) is 7.44. The minimum Gasteiger partial charge on any atom is -0.469 e. The summed E-state index contributed by atoms with van der Waals surface area (Å²) in [4.78, 5) is 8.80. The molecule has 0 amide bonds. The second-order valence-corrected chi connectivity index (χ2v) is 5.20. The fourth-order valence-electron chi connectivity index (χ4n) is 2.40. The van der Waals surface area contributed by atoms with Crippen LogP contribution in [0.1, 0.15) is 11.5 Å². The first kappa shape index (κ1) is 15.1. The van der Waals surface area contributed by atoms with Crippen molar-refractivity contribution < 1.29 is 4.42 Å². The Balaban J connectivity index is 1.42. The van der Waals surface area contributed by atoms with Crippen LogP contribution in [0.15, 0.2) is 58.4 Å². The van der Waals surface area contributed by atoms with Gasteiger partial charge in [-0.25, -0.2) is 4.98 Å². The Morgan fingerprint density at radius 2 is 2.04 bits per heavy atom. The Bertz CT molecular complexity index is 727. The molecular formula is C17H21N5O. The van der Waals surface area contributed by atoms with E-state index in [4.69, 9.17) is 4.42 Å². The second-order valence-electron chi connectivity index (χ2n) is 5.20. The van der Waals surface area contributed by atoms with E-state index in [0.29, 0.717) is 0 Å². The number of aliphatic imine (C=N–C) groups is 1. The van der Waals surface area contributed by atoms with Crippen LogP contribution >= 0.6 is 0 Å². The molecule has 3 rings (SSSR count). The molecule has 0 spiro atoms. The zero-order valence-electron chi connectivity index (χ0n) is 13.2. The van der Waals surface area contributed by atoms with Crippen LogP contribution in [0.4, 0.5) is 0 Å². The third kappa shape index (κ3) is 4.12.